The molecule has 3 aromatic rings. The minimum absolute atomic E-state index is 0.191. The highest BCUT2D eigenvalue weighted by atomic mass is 35.5. The van der Waals surface area contributed by atoms with Crippen molar-refractivity contribution in [2.75, 3.05) is 18.0 Å². The molecule has 1 N–H and O–H groups in total. The lowest BCUT2D eigenvalue weighted by atomic mass is 9.92. The SMILES string of the molecule is C[C@@H]1C[C@@H](C)CN(c2cnn(-c3nc4ccccc4[nH]3)c(=O)c2Cl)C1. The Morgan fingerprint density at radius 2 is 1.92 bits per heavy atom. The van der Waals surface area contributed by atoms with Crippen molar-refractivity contribution in [3.8, 4) is 5.95 Å². The third-order valence-electron chi connectivity index (χ3n) is 4.69. The van der Waals surface area contributed by atoms with Gasteiger partial charge in [0.25, 0.3) is 5.56 Å². The van der Waals surface area contributed by atoms with Gasteiger partial charge in [0.15, 0.2) is 0 Å². The normalized spacial score (nSPS) is 21.0. The second-order valence-corrected chi connectivity index (χ2v) is 7.37. The number of piperidine rings is 1. The quantitative estimate of drug-likeness (QED) is 0.764. The van der Waals surface area contributed by atoms with Crippen molar-refractivity contribution >= 4 is 28.3 Å². The molecule has 3 heterocycles. The van der Waals surface area contributed by atoms with Gasteiger partial charge in [-0.15, -0.1) is 0 Å². The number of H-pyrrole nitrogens is 1. The van der Waals surface area contributed by atoms with E-state index in [1.54, 1.807) is 6.20 Å². The van der Waals surface area contributed by atoms with Crippen LogP contribution in [0.4, 0.5) is 5.69 Å². The van der Waals surface area contributed by atoms with Gasteiger partial charge in [-0.1, -0.05) is 37.6 Å². The van der Waals surface area contributed by atoms with Gasteiger partial charge in [0, 0.05) is 13.1 Å². The number of hydrogen-bond donors (Lipinski definition) is 1. The third-order valence-corrected chi connectivity index (χ3v) is 5.04. The van der Waals surface area contributed by atoms with E-state index in [4.69, 9.17) is 11.6 Å². The molecule has 25 heavy (non-hydrogen) atoms. The lowest BCUT2D eigenvalue weighted by molar-refractivity contribution is 0.356. The van der Waals surface area contributed by atoms with E-state index in [1.165, 1.54) is 11.1 Å². The minimum Gasteiger partial charge on any atom is -0.368 e. The molecule has 1 aliphatic heterocycles. The summed E-state index contributed by atoms with van der Waals surface area (Å²) in [7, 11) is 0. The van der Waals surface area contributed by atoms with E-state index in [0.717, 1.165) is 24.1 Å². The van der Waals surface area contributed by atoms with Gasteiger partial charge in [-0.25, -0.2) is 4.98 Å². The Morgan fingerprint density at radius 1 is 1.20 bits per heavy atom. The van der Waals surface area contributed by atoms with Crippen LogP contribution >= 0.6 is 11.6 Å². The minimum atomic E-state index is -0.357. The van der Waals surface area contributed by atoms with Crippen molar-refractivity contribution < 1.29 is 0 Å². The predicted molar refractivity (Wildman–Crippen MR) is 99.7 cm³/mol. The van der Waals surface area contributed by atoms with E-state index >= 15 is 0 Å². The number of rotatable bonds is 2. The standard InChI is InChI=1S/C18H20ClN5O/c1-11-7-12(2)10-23(9-11)15-8-20-24(17(25)16(15)19)18-21-13-5-3-4-6-14(13)22-18/h3-6,8,11-12H,7,9-10H2,1-2H3,(H,21,22)/t11-,12-/m1/s1. The topological polar surface area (TPSA) is 66.8 Å². The van der Waals surface area contributed by atoms with E-state index in [-0.39, 0.29) is 10.6 Å². The van der Waals surface area contributed by atoms with Crippen LogP contribution < -0.4 is 10.5 Å². The molecule has 0 saturated carbocycles. The maximum atomic E-state index is 12.8. The average Bonchev–Trinajstić information content (AvgIpc) is 3.00. The fourth-order valence-corrected chi connectivity index (χ4v) is 3.94. The van der Waals surface area contributed by atoms with Gasteiger partial charge in [0.05, 0.1) is 22.9 Å². The van der Waals surface area contributed by atoms with Gasteiger partial charge in [0.2, 0.25) is 5.95 Å². The smallest absolute Gasteiger partial charge is 0.295 e. The zero-order chi connectivity index (χ0) is 17.6. The summed E-state index contributed by atoms with van der Waals surface area (Å²) in [6, 6.07) is 7.60. The molecule has 0 spiro atoms. The first kappa shape index (κ1) is 16.1. The molecule has 1 aromatic carbocycles. The Morgan fingerprint density at radius 3 is 2.64 bits per heavy atom. The maximum Gasteiger partial charge on any atom is 0.295 e. The number of fused-ring (bicyclic) bond motifs is 1. The number of nitrogens with one attached hydrogen (secondary N) is 1. The largest absolute Gasteiger partial charge is 0.368 e. The summed E-state index contributed by atoms with van der Waals surface area (Å²) in [5, 5.41) is 4.51. The molecule has 0 amide bonds. The molecule has 0 radical (unpaired) electrons. The van der Waals surface area contributed by atoms with Gasteiger partial charge in [-0.05, 0) is 30.4 Å². The fraction of sp³-hybridized carbons (Fsp3) is 0.389. The van der Waals surface area contributed by atoms with E-state index < -0.39 is 0 Å². The number of halogens is 1. The summed E-state index contributed by atoms with van der Waals surface area (Å²) in [4.78, 5) is 22.5. The number of anilines is 1. The van der Waals surface area contributed by atoms with Crippen molar-refractivity contribution in [3.05, 3.63) is 45.8 Å². The second kappa shape index (κ2) is 6.19. The summed E-state index contributed by atoms with van der Waals surface area (Å²) in [6.45, 7) is 6.22. The van der Waals surface area contributed by atoms with E-state index in [1.807, 2.05) is 24.3 Å². The summed E-state index contributed by atoms with van der Waals surface area (Å²) >= 11 is 6.42. The van der Waals surface area contributed by atoms with Gasteiger partial charge < -0.3 is 9.88 Å². The highest BCUT2D eigenvalue weighted by molar-refractivity contribution is 6.33. The highest BCUT2D eigenvalue weighted by Crippen LogP contribution is 2.29. The molecule has 130 valence electrons. The van der Waals surface area contributed by atoms with Crippen LogP contribution in [0.15, 0.2) is 35.3 Å². The molecule has 0 unspecified atom stereocenters. The van der Waals surface area contributed by atoms with Crippen molar-refractivity contribution in [1.29, 1.82) is 0 Å². The van der Waals surface area contributed by atoms with E-state index in [0.29, 0.717) is 23.5 Å². The number of hydrogen-bond acceptors (Lipinski definition) is 4. The Bertz CT molecular complexity index is 936. The van der Waals surface area contributed by atoms with Crippen LogP contribution in [-0.4, -0.2) is 32.8 Å². The van der Waals surface area contributed by atoms with Crippen molar-refractivity contribution in [2.24, 2.45) is 11.8 Å². The number of benzene rings is 1. The van der Waals surface area contributed by atoms with Crippen LogP contribution in [0.25, 0.3) is 17.0 Å². The molecule has 6 nitrogen and oxygen atoms in total. The first-order chi connectivity index (χ1) is 12.0. The van der Waals surface area contributed by atoms with Crippen molar-refractivity contribution in [2.45, 2.75) is 20.3 Å². The fourth-order valence-electron chi connectivity index (χ4n) is 3.69. The van der Waals surface area contributed by atoms with Gasteiger partial charge in [-0.2, -0.15) is 9.78 Å². The average molecular weight is 358 g/mol. The number of nitrogens with zero attached hydrogens (tertiary/aromatic N) is 4. The Balaban J connectivity index is 1.74. The molecule has 2 atom stereocenters. The zero-order valence-corrected chi connectivity index (χ0v) is 15.0. The number of para-hydroxylation sites is 2. The summed E-state index contributed by atoms with van der Waals surface area (Å²) < 4.78 is 1.22. The lowest BCUT2D eigenvalue weighted by Gasteiger charge is -2.36. The summed E-state index contributed by atoms with van der Waals surface area (Å²) in [5.41, 5.74) is 1.98. The van der Waals surface area contributed by atoms with Crippen LogP contribution in [0.1, 0.15) is 20.3 Å². The molecule has 2 aromatic heterocycles. The van der Waals surface area contributed by atoms with Gasteiger partial charge in [-0.3, -0.25) is 4.79 Å². The molecule has 7 heteroatoms. The molecule has 1 fully saturated rings. The second-order valence-electron chi connectivity index (χ2n) is 6.99. The van der Waals surface area contributed by atoms with E-state index in [2.05, 4.69) is 33.8 Å². The van der Waals surface area contributed by atoms with Crippen LogP contribution in [-0.2, 0) is 0 Å². The molecule has 4 rings (SSSR count). The Hall–Kier alpha value is -2.34. The highest BCUT2D eigenvalue weighted by Gasteiger charge is 2.25. The number of imidazole rings is 1. The van der Waals surface area contributed by atoms with Crippen LogP contribution in [0, 0.1) is 11.8 Å². The summed E-state index contributed by atoms with van der Waals surface area (Å²) in [6.07, 6.45) is 2.86. The molecule has 0 bridgehead atoms. The van der Waals surface area contributed by atoms with E-state index in [9.17, 15) is 4.79 Å². The van der Waals surface area contributed by atoms with Crippen molar-refractivity contribution in [1.82, 2.24) is 19.7 Å². The summed E-state index contributed by atoms with van der Waals surface area (Å²) in [5.74, 6) is 1.51. The lowest BCUT2D eigenvalue weighted by Crippen LogP contribution is -2.40. The zero-order valence-electron chi connectivity index (χ0n) is 14.2. The monoisotopic (exact) mass is 357 g/mol. The molecule has 0 aliphatic carbocycles. The van der Waals surface area contributed by atoms with Gasteiger partial charge in [0.1, 0.15) is 5.02 Å². The number of aromatic nitrogens is 4. The van der Waals surface area contributed by atoms with Crippen LogP contribution in [0.2, 0.25) is 5.02 Å². The molecular formula is C18H20ClN5O. The Labute approximate surface area is 150 Å². The van der Waals surface area contributed by atoms with Crippen molar-refractivity contribution in [3.63, 3.8) is 0 Å². The molecule has 1 saturated heterocycles. The first-order valence-electron chi connectivity index (χ1n) is 8.51. The maximum absolute atomic E-state index is 12.8. The third kappa shape index (κ3) is 2.91. The first-order valence-corrected chi connectivity index (χ1v) is 8.88. The van der Waals surface area contributed by atoms with Crippen LogP contribution in [0.3, 0.4) is 0 Å². The Kier molecular flexibility index (Phi) is 4.00. The molecular weight excluding hydrogens is 338 g/mol. The number of aromatic amines is 1. The molecule has 1 aliphatic rings. The van der Waals surface area contributed by atoms with Gasteiger partial charge >= 0.3 is 0 Å². The predicted octanol–water partition coefficient (Wildman–Crippen LogP) is 3.24. The van der Waals surface area contributed by atoms with Crippen LogP contribution in [0.5, 0.6) is 0 Å².